The topological polar surface area (TPSA) is 55.1 Å². The molecule has 1 N–H and O–H groups in total. The first-order valence-electron chi connectivity index (χ1n) is 5.54. The van der Waals surface area contributed by atoms with E-state index < -0.39 is 0 Å². The lowest BCUT2D eigenvalue weighted by molar-refractivity contribution is 0.0928. The van der Waals surface area contributed by atoms with Gasteiger partial charge in [-0.05, 0) is 19.8 Å². The molecule has 0 aromatic carbocycles. The normalized spacial score (nSPS) is 25.4. The Bertz CT molecular complexity index is 378. The average molecular weight is 287 g/mol. The molecule has 1 aromatic rings. The highest BCUT2D eigenvalue weighted by molar-refractivity contribution is 9.09. The predicted octanol–water partition coefficient (Wildman–Crippen LogP) is 2.42. The number of amides is 1. The Labute approximate surface area is 103 Å². The Morgan fingerprint density at radius 3 is 2.94 bits per heavy atom. The lowest BCUT2D eigenvalue weighted by atomic mass is 9.95. The van der Waals surface area contributed by atoms with E-state index >= 15 is 0 Å². The maximum atomic E-state index is 11.9. The number of aromatic nitrogens is 1. The van der Waals surface area contributed by atoms with Crippen molar-refractivity contribution in [3.8, 4) is 0 Å². The van der Waals surface area contributed by atoms with Gasteiger partial charge in [-0.1, -0.05) is 33.9 Å². The van der Waals surface area contributed by atoms with Gasteiger partial charge >= 0.3 is 0 Å². The summed E-state index contributed by atoms with van der Waals surface area (Å²) in [7, 11) is 0. The summed E-state index contributed by atoms with van der Waals surface area (Å²) in [6, 6.07) is 0.218. The SMILES string of the molecule is Cc1oncc1C(=O)NC1CCCCC1Br. The number of aryl methyl sites for hydroxylation is 1. The monoisotopic (exact) mass is 286 g/mol. The third-order valence-corrected chi connectivity index (χ3v) is 4.09. The van der Waals surface area contributed by atoms with Crippen LogP contribution in [0, 0.1) is 6.92 Å². The molecule has 1 saturated carbocycles. The molecule has 1 aromatic heterocycles. The molecule has 1 aliphatic carbocycles. The molecule has 2 atom stereocenters. The summed E-state index contributed by atoms with van der Waals surface area (Å²) in [5.41, 5.74) is 0.533. The lowest BCUT2D eigenvalue weighted by Crippen LogP contribution is -2.42. The van der Waals surface area contributed by atoms with E-state index in [9.17, 15) is 4.79 Å². The molecule has 1 aliphatic rings. The number of rotatable bonds is 2. The van der Waals surface area contributed by atoms with Crippen LogP contribution in [-0.4, -0.2) is 21.9 Å². The van der Waals surface area contributed by atoms with Crippen molar-refractivity contribution in [3.05, 3.63) is 17.5 Å². The van der Waals surface area contributed by atoms with Crippen molar-refractivity contribution in [1.82, 2.24) is 10.5 Å². The van der Waals surface area contributed by atoms with Gasteiger partial charge in [0.05, 0.1) is 6.20 Å². The van der Waals surface area contributed by atoms with Crippen LogP contribution in [0.15, 0.2) is 10.7 Å². The van der Waals surface area contributed by atoms with Crippen molar-refractivity contribution in [2.24, 2.45) is 0 Å². The standard InChI is InChI=1S/C11H15BrN2O2/c1-7-8(6-13-16-7)11(15)14-10-5-3-2-4-9(10)12/h6,9-10H,2-5H2,1H3,(H,14,15). The van der Waals surface area contributed by atoms with Gasteiger partial charge in [-0.3, -0.25) is 4.79 Å². The minimum absolute atomic E-state index is 0.0879. The molecule has 1 heterocycles. The fraction of sp³-hybridized carbons (Fsp3) is 0.636. The van der Waals surface area contributed by atoms with Crippen molar-refractivity contribution in [2.45, 2.75) is 43.5 Å². The Morgan fingerprint density at radius 2 is 2.31 bits per heavy atom. The molecule has 0 aliphatic heterocycles. The number of carbonyl (C=O) groups is 1. The number of hydrogen-bond acceptors (Lipinski definition) is 3. The molecule has 4 nitrogen and oxygen atoms in total. The minimum Gasteiger partial charge on any atom is -0.361 e. The van der Waals surface area contributed by atoms with Crippen LogP contribution in [-0.2, 0) is 0 Å². The van der Waals surface area contributed by atoms with Crippen molar-refractivity contribution in [2.75, 3.05) is 0 Å². The predicted molar refractivity (Wildman–Crippen MR) is 63.7 cm³/mol. The highest BCUT2D eigenvalue weighted by Gasteiger charge is 2.25. The van der Waals surface area contributed by atoms with Crippen molar-refractivity contribution in [1.29, 1.82) is 0 Å². The van der Waals surface area contributed by atoms with Crippen LogP contribution in [0.2, 0.25) is 0 Å². The summed E-state index contributed by atoms with van der Waals surface area (Å²) in [6.45, 7) is 1.74. The first kappa shape index (κ1) is 11.6. The van der Waals surface area contributed by atoms with Crippen LogP contribution in [0.25, 0.3) is 0 Å². The number of nitrogens with zero attached hydrogens (tertiary/aromatic N) is 1. The summed E-state index contributed by atoms with van der Waals surface area (Å²) in [4.78, 5) is 12.3. The maximum absolute atomic E-state index is 11.9. The maximum Gasteiger partial charge on any atom is 0.256 e. The van der Waals surface area contributed by atoms with Gasteiger partial charge in [-0.2, -0.15) is 0 Å². The summed E-state index contributed by atoms with van der Waals surface area (Å²) in [5, 5.41) is 6.63. The summed E-state index contributed by atoms with van der Waals surface area (Å²) in [5.74, 6) is 0.481. The third kappa shape index (κ3) is 2.45. The number of alkyl halides is 1. The van der Waals surface area contributed by atoms with Crippen LogP contribution in [0.3, 0.4) is 0 Å². The van der Waals surface area contributed by atoms with Crippen molar-refractivity contribution in [3.63, 3.8) is 0 Å². The van der Waals surface area contributed by atoms with E-state index in [1.807, 2.05) is 0 Å². The molecule has 2 rings (SSSR count). The molecular weight excluding hydrogens is 272 g/mol. The van der Waals surface area contributed by atoms with Crippen LogP contribution in [0.5, 0.6) is 0 Å². The molecule has 1 amide bonds. The summed E-state index contributed by atoms with van der Waals surface area (Å²) >= 11 is 3.61. The van der Waals surface area contributed by atoms with Crippen LogP contribution >= 0.6 is 15.9 Å². The fourth-order valence-corrected chi connectivity index (χ4v) is 2.73. The molecule has 1 fully saturated rings. The molecule has 0 saturated heterocycles. The van der Waals surface area contributed by atoms with Gasteiger partial charge in [0.25, 0.3) is 5.91 Å². The van der Waals surface area contributed by atoms with Gasteiger partial charge in [0.2, 0.25) is 0 Å². The third-order valence-electron chi connectivity index (χ3n) is 2.99. The second-order valence-electron chi connectivity index (χ2n) is 4.18. The zero-order valence-electron chi connectivity index (χ0n) is 9.20. The molecule has 5 heteroatoms. The molecule has 88 valence electrons. The van der Waals surface area contributed by atoms with Crippen molar-refractivity contribution < 1.29 is 9.32 Å². The van der Waals surface area contributed by atoms with E-state index in [1.54, 1.807) is 6.92 Å². The van der Waals surface area contributed by atoms with Gasteiger partial charge in [-0.15, -0.1) is 0 Å². The molecule has 0 spiro atoms. The zero-order valence-corrected chi connectivity index (χ0v) is 10.8. The zero-order chi connectivity index (χ0) is 11.5. The lowest BCUT2D eigenvalue weighted by Gasteiger charge is -2.27. The fourth-order valence-electron chi connectivity index (χ4n) is 2.01. The summed E-state index contributed by atoms with van der Waals surface area (Å²) < 4.78 is 4.88. The number of carbonyl (C=O) groups excluding carboxylic acids is 1. The van der Waals surface area contributed by atoms with E-state index in [0.29, 0.717) is 16.2 Å². The van der Waals surface area contributed by atoms with Crippen LogP contribution < -0.4 is 5.32 Å². The second kappa shape index (κ2) is 4.99. The number of halogens is 1. The van der Waals surface area contributed by atoms with E-state index in [-0.39, 0.29) is 11.9 Å². The van der Waals surface area contributed by atoms with E-state index in [0.717, 1.165) is 12.8 Å². The van der Waals surface area contributed by atoms with Gasteiger partial charge < -0.3 is 9.84 Å². The first-order chi connectivity index (χ1) is 7.68. The van der Waals surface area contributed by atoms with Gasteiger partial charge in [0.15, 0.2) is 0 Å². The first-order valence-corrected chi connectivity index (χ1v) is 6.46. The Kier molecular flexibility index (Phi) is 3.63. The van der Waals surface area contributed by atoms with Gasteiger partial charge in [0, 0.05) is 10.9 Å². The molecular formula is C11H15BrN2O2. The van der Waals surface area contributed by atoms with Crippen LogP contribution in [0.1, 0.15) is 41.8 Å². The minimum atomic E-state index is -0.0879. The molecule has 16 heavy (non-hydrogen) atoms. The van der Waals surface area contributed by atoms with E-state index in [1.165, 1.54) is 19.0 Å². The van der Waals surface area contributed by atoms with E-state index in [2.05, 4.69) is 26.4 Å². The highest BCUT2D eigenvalue weighted by Crippen LogP contribution is 2.24. The smallest absolute Gasteiger partial charge is 0.256 e. The second-order valence-corrected chi connectivity index (χ2v) is 5.35. The highest BCUT2D eigenvalue weighted by atomic mass is 79.9. The number of nitrogens with one attached hydrogen (secondary N) is 1. The largest absolute Gasteiger partial charge is 0.361 e. The quantitative estimate of drug-likeness (QED) is 0.850. The summed E-state index contributed by atoms with van der Waals surface area (Å²) in [6.07, 6.45) is 6.03. The van der Waals surface area contributed by atoms with E-state index in [4.69, 9.17) is 4.52 Å². The Morgan fingerprint density at radius 1 is 1.56 bits per heavy atom. The average Bonchev–Trinajstić information content (AvgIpc) is 2.68. The Hall–Kier alpha value is -0.840. The molecule has 0 bridgehead atoms. The van der Waals surface area contributed by atoms with Gasteiger partial charge in [0.1, 0.15) is 11.3 Å². The van der Waals surface area contributed by atoms with Crippen molar-refractivity contribution >= 4 is 21.8 Å². The molecule has 0 radical (unpaired) electrons. The number of hydrogen-bond donors (Lipinski definition) is 1. The van der Waals surface area contributed by atoms with Gasteiger partial charge in [-0.25, -0.2) is 0 Å². The Balaban J connectivity index is 1.99. The van der Waals surface area contributed by atoms with Crippen LogP contribution in [0.4, 0.5) is 0 Å². The molecule has 2 unspecified atom stereocenters.